The van der Waals surface area contributed by atoms with E-state index < -0.39 is 11.9 Å². The van der Waals surface area contributed by atoms with Crippen LogP contribution in [0.3, 0.4) is 0 Å². The number of carbonyl (C=O) groups is 2. The minimum Gasteiger partial charge on any atom is -0.478 e. The molecule has 0 aliphatic heterocycles. The van der Waals surface area contributed by atoms with Gasteiger partial charge >= 0.3 is 5.97 Å². The molecule has 0 bridgehead atoms. The summed E-state index contributed by atoms with van der Waals surface area (Å²) in [4.78, 5) is 30.6. The van der Waals surface area contributed by atoms with Crippen LogP contribution in [0.25, 0.3) is 11.0 Å². The first-order chi connectivity index (χ1) is 10.5. The lowest BCUT2D eigenvalue weighted by Crippen LogP contribution is -2.16. The summed E-state index contributed by atoms with van der Waals surface area (Å²) in [6.07, 6.45) is 1.46. The molecule has 22 heavy (non-hydrogen) atoms. The first kappa shape index (κ1) is 13.8. The number of aromatic nitrogens is 2. The van der Waals surface area contributed by atoms with E-state index in [0.717, 1.165) is 5.56 Å². The highest BCUT2D eigenvalue weighted by molar-refractivity contribution is 6.12. The number of carbonyl (C=O) groups excluding carboxylic acids is 1. The van der Waals surface area contributed by atoms with Crippen molar-refractivity contribution in [1.29, 1.82) is 0 Å². The Kier molecular flexibility index (Phi) is 3.34. The zero-order valence-corrected chi connectivity index (χ0v) is 11.8. The largest absolute Gasteiger partial charge is 0.478 e. The number of hydrogen-bond acceptors (Lipinski definition) is 3. The van der Waals surface area contributed by atoms with Gasteiger partial charge in [0.1, 0.15) is 0 Å². The second-order valence-electron chi connectivity index (χ2n) is 4.94. The van der Waals surface area contributed by atoms with Gasteiger partial charge in [0.25, 0.3) is 5.91 Å². The SMILES string of the molecule is Cc1ccc(NC(=O)c2cc3nc[nH]c3cc2C(=O)O)cc1. The molecular weight excluding hydrogens is 282 g/mol. The Morgan fingerprint density at radius 1 is 1.14 bits per heavy atom. The van der Waals surface area contributed by atoms with Crippen LogP contribution < -0.4 is 5.32 Å². The summed E-state index contributed by atoms with van der Waals surface area (Å²) in [7, 11) is 0. The molecule has 2 aromatic carbocycles. The van der Waals surface area contributed by atoms with Gasteiger partial charge in [0.05, 0.1) is 28.5 Å². The molecule has 3 N–H and O–H groups in total. The molecule has 0 fully saturated rings. The molecule has 1 heterocycles. The van der Waals surface area contributed by atoms with Gasteiger partial charge in [0, 0.05) is 5.69 Å². The van der Waals surface area contributed by atoms with Crippen LogP contribution in [0.1, 0.15) is 26.3 Å². The number of rotatable bonds is 3. The fourth-order valence-electron chi connectivity index (χ4n) is 2.18. The number of H-pyrrole nitrogens is 1. The number of nitrogens with zero attached hydrogens (tertiary/aromatic N) is 1. The van der Waals surface area contributed by atoms with E-state index in [0.29, 0.717) is 16.7 Å². The minimum absolute atomic E-state index is 0.0682. The van der Waals surface area contributed by atoms with Gasteiger partial charge in [0.2, 0.25) is 0 Å². The van der Waals surface area contributed by atoms with E-state index >= 15 is 0 Å². The van der Waals surface area contributed by atoms with Crippen molar-refractivity contribution in [2.45, 2.75) is 6.92 Å². The monoisotopic (exact) mass is 295 g/mol. The first-order valence-electron chi connectivity index (χ1n) is 6.63. The number of aromatic carboxylic acids is 1. The van der Waals surface area contributed by atoms with E-state index in [2.05, 4.69) is 15.3 Å². The van der Waals surface area contributed by atoms with E-state index in [1.165, 1.54) is 18.5 Å². The lowest BCUT2D eigenvalue weighted by Gasteiger charge is -2.08. The Labute approximate surface area is 125 Å². The average molecular weight is 295 g/mol. The van der Waals surface area contributed by atoms with Gasteiger partial charge in [-0.05, 0) is 31.2 Å². The molecule has 0 atom stereocenters. The van der Waals surface area contributed by atoms with Gasteiger partial charge in [-0.3, -0.25) is 4.79 Å². The van der Waals surface area contributed by atoms with Crippen LogP contribution in [0.2, 0.25) is 0 Å². The van der Waals surface area contributed by atoms with E-state index in [4.69, 9.17) is 0 Å². The third-order valence-corrected chi connectivity index (χ3v) is 3.34. The Bertz CT molecular complexity index is 866. The Morgan fingerprint density at radius 3 is 2.55 bits per heavy atom. The van der Waals surface area contributed by atoms with E-state index in [1.54, 1.807) is 12.1 Å². The van der Waals surface area contributed by atoms with Gasteiger partial charge in [-0.15, -0.1) is 0 Å². The number of aryl methyl sites for hydroxylation is 1. The lowest BCUT2D eigenvalue weighted by atomic mass is 10.1. The highest BCUT2D eigenvalue weighted by atomic mass is 16.4. The molecule has 0 spiro atoms. The number of nitrogens with one attached hydrogen (secondary N) is 2. The van der Waals surface area contributed by atoms with Crippen molar-refractivity contribution >= 4 is 28.6 Å². The van der Waals surface area contributed by atoms with Crippen molar-refractivity contribution in [3.05, 3.63) is 59.4 Å². The van der Waals surface area contributed by atoms with Crippen molar-refractivity contribution in [2.24, 2.45) is 0 Å². The second kappa shape index (κ2) is 5.33. The van der Waals surface area contributed by atoms with Crippen LogP contribution in [0.4, 0.5) is 5.69 Å². The third kappa shape index (κ3) is 2.54. The Morgan fingerprint density at radius 2 is 1.86 bits per heavy atom. The van der Waals surface area contributed by atoms with Gasteiger partial charge in [-0.1, -0.05) is 17.7 Å². The van der Waals surface area contributed by atoms with Crippen LogP contribution >= 0.6 is 0 Å². The summed E-state index contributed by atoms with van der Waals surface area (Å²) in [5, 5.41) is 12.0. The molecule has 0 aliphatic rings. The quantitative estimate of drug-likeness (QED) is 0.692. The first-order valence-corrected chi connectivity index (χ1v) is 6.63. The Hall–Kier alpha value is -3.15. The normalized spacial score (nSPS) is 10.6. The number of carboxylic acids is 1. The fraction of sp³-hybridized carbons (Fsp3) is 0.0625. The molecule has 3 aromatic rings. The summed E-state index contributed by atoms with van der Waals surface area (Å²) in [5.74, 6) is -1.64. The van der Waals surface area contributed by atoms with Crippen LogP contribution in [0.15, 0.2) is 42.7 Å². The molecule has 0 saturated heterocycles. The number of fused-ring (bicyclic) bond motifs is 1. The Balaban J connectivity index is 2.00. The molecule has 0 saturated carbocycles. The smallest absolute Gasteiger partial charge is 0.336 e. The summed E-state index contributed by atoms with van der Waals surface area (Å²) in [6, 6.07) is 10.1. The highest BCUT2D eigenvalue weighted by Gasteiger charge is 2.18. The molecule has 1 aromatic heterocycles. The maximum Gasteiger partial charge on any atom is 0.336 e. The molecule has 0 radical (unpaired) electrons. The van der Waals surface area contributed by atoms with E-state index in [9.17, 15) is 14.7 Å². The highest BCUT2D eigenvalue weighted by Crippen LogP contribution is 2.19. The summed E-state index contributed by atoms with van der Waals surface area (Å²) < 4.78 is 0. The molecular formula is C16H13N3O3. The minimum atomic E-state index is -1.16. The predicted molar refractivity (Wildman–Crippen MR) is 82.2 cm³/mol. The standard InChI is InChI=1S/C16H13N3O3/c1-9-2-4-10(5-3-9)19-15(20)11-6-13-14(18-8-17-13)7-12(11)16(21)22/h2-8H,1H3,(H,17,18)(H,19,20)(H,21,22). The van der Waals surface area contributed by atoms with Crippen molar-refractivity contribution in [2.75, 3.05) is 5.32 Å². The van der Waals surface area contributed by atoms with Gasteiger partial charge in [-0.25, -0.2) is 9.78 Å². The zero-order chi connectivity index (χ0) is 15.7. The molecule has 0 unspecified atom stereocenters. The number of anilines is 1. The molecule has 1 amide bonds. The zero-order valence-electron chi connectivity index (χ0n) is 11.8. The van der Waals surface area contributed by atoms with Gasteiger partial charge < -0.3 is 15.4 Å². The topological polar surface area (TPSA) is 95.1 Å². The number of hydrogen-bond donors (Lipinski definition) is 3. The van der Waals surface area contributed by atoms with E-state index in [-0.39, 0.29) is 11.1 Å². The molecule has 3 rings (SSSR count). The number of amides is 1. The summed E-state index contributed by atoms with van der Waals surface area (Å²) >= 11 is 0. The van der Waals surface area contributed by atoms with Crippen LogP contribution in [0, 0.1) is 6.92 Å². The fourth-order valence-corrected chi connectivity index (χ4v) is 2.18. The predicted octanol–water partition coefficient (Wildman–Crippen LogP) is 2.82. The molecule has 0 aliphatic carbocycles. The molecule has 6 nitrogen and oxygen atoms in total. The van der Waals surface area contributed by atoms with Crippen molar-refractivity contribution in [1.82, 2.24) is 9.97 Å². The second-order valence-corrected chi connectivity index (χ2v) is 4.94. The molecule has 110 valence electrons. The lowest BCUT2D eigenvalue weighted by molar-refractivity contribution is 0.0692. The van der Waals surface area contributed by atoms with E-state index in [1.807, 2.05) is 19.1 Å². The van der Waals surface area contributed by atoms with Crippen molar-refractivity contribution in [3.63, 3.8) is 0 Å². The maximum atomic E-state index is 12.4. The number of carboxylic acid groups (broad SMARTS) is 1. The maximum absolute atomic E-state index is 12.4. The summed E-state index contributed by atoms with van der Waals surface area (Å²) in [5.41, 5.74) is 2.80. The van der Waals surface area contributed by atoms with Gasteiger partial charge in [-0.2, -0.15) is 0 Å². The average Bonchev–Trinajstić information content (AvgIpc) is 2.95. The van der Waals surface area contributed by atoms with Gasteiger partial charge in [0.15, 0.2) is 0 Å². The number of imidazole rings is 1. The number of aromatic amines is 1. The van der Waals surface area contributed by atoms with Crippen molar-refractivity contribution in [3.8, 4) is 0 Å². The van der Waals surface area contributed by atoms with Crippen molar-refractivity contribution < 1.29 is 14.7 Å². The number of benzene rings is 2. The van der Waals surface area contributed by atoms with Crippen LogP contribution in [0.5, 0.6) is 0 Å². The summed E-state index contributed by atoms with van der Waals surface area (Å²) in [6.45, 7) is 1.94. The van der Waals surface area contributed by atoms with Crippen LogP contribution in [-0.4, -0.2) is 27.0 Å². The van der Waals surface area contributed by atoms with Crippen LogP contribution in [-0.2, 0) is 0 Å². The third-order valence-electron chi connectivity index (χ3n) is 3.34. The molecule has 6 heteroatoms.